The Morgan fingerprint density at radius 1 is 1.26 bits per heavy atom. The Hall–Kier alpha value is -1.40. The van der Waals surface area contributed by atoms with Gasteiger partial charge in [0.1, 0.15) is 0 Å². The molecule has 1 unspecified atom stereocenters. The van der Waals surface area contributed by atoms with Crippen molar-refractivity contribution in [1.29, 1.82) is 0 Å². The number of nitrogens with one attached hydrogen (secondary N) is 2. The van der Waals surface area contributed by atoms with Crippen molar-refractivity contribution in [3.05, 3.63) is 29.8 Å². The number of sulfone groups is 1. The van der Waals surface area contributed by atoms with E-state index in [1.807, 2.05) is 6.92 Å². The molecule has 2 rings (SSSR count). The van der Waals surface area contributed by atoms with E-state index < -0.39 is 9.84 Å². The van der Waals surface area contributed by atoms with Gasteiger partial charge in [0, 0.05) is 12.7 Å². The van der Waals surface area contributed by atoms with Crippen LogP contribution in [0, 0.1) is 5.92 Å². The van der Waals surface area contributed by atoms with Gasteiger partial charge in [0.25, 0.3) is 0 Å². The predicted octanol–water partition coefficient (Wildman–Crippen LogP) is 2.05. The summed E-state index contributed by atoms with van der Waals surface area (Å²) in [6, 6.07) is 6.57. The zero-order valence-electron chi connectivity index (χ0n) is 13.8. The maximum atomic E-state index is 12.1. The second-order valence-corrected chi connectivity index (χ2v) is 8.38. The van der Waals surface area contributed by atoms with Gasteiger partial charge in [0.05, 0.1) is 10.9 Å². The Balaban J connectivity index is 1.83. The van der Waals surface area contributed by atoms with Crippen LogP contribution in [0.25, 0.3) is 0 Å². The average molecular weight is 338 g/mol. The van der Waals surface area contributed by atoms with Gasteiger partial charge in [-0.25, -0.2) is 8.42 Å². The molecule has 5 nitrogen and oxygen atoms in total. The first kappa shape index (κ1) is 17.9. The second kappa shape index (κ2) is 7.93. The molecular formula is C17H26N2O3S. The molecule has 1 heterocycles. The summed E-state index contributed by atoms with van der Waals surface area (Å²) in [7, 11) is -3.18. The maximum absolute atomic E-state index is 12.1. The highest BCUT2D eigenvalue weighted by Crippen LogP contribution is 2.19. The lowest BCUT2D eigenvalue weighted by Crippen LogP contribution is -2.30. The minimum Gasteiger partial charge on any atom is -0.350 e. The van der Waals surface area contributed by atoms with E-state index in [2.05, 4.69) is 10.6 Å². The number of carbonyl (C=O) groups is 1. The molecule has 1 fully saturated rings. The molecule has 2 N–H and O–H groups in total. The van der Waals surface area contributed by atoms with E-state index in [-0.39, 0.29) is 11.9 Å². The molecule has 0 bridgehead atoms. The van der Waals surface area contributed by atoms with E-state index in [0.29, 0.717) is 17.2 Å². The molecule has 1 aliphatic heterocycles. The van der Waals surface area contributed by atoms with Crippen molar-refractivity contribution in [3.63, 3.8) is 0 Å². The fraction of sp³-hybridized carbons (Fsp3) is 0.588. The molecule has 0 aliphatic carbocycles. The summed E-state index contributed by atoms with van der Waals surface area (Å²) in [5, 5.41) is 6.32. The zero-order chi connectivity index (χ0) is 16.9. The first-order chi connectivity index (χ1) is 10.9. The molecule has 1 atom stereocenters. The fourth-order valence-electron chi connectivity index (χ4n) is 2.91. The zero-order valence-corrected chi connectivity index (χ0v) is 14.7. The molecule has 1 aromatic rings. The highest BCUT2D eigenvalue weighted by Gasteiger charge is 2.16. The summed E-state index contributed by atoms with van der Waals surface area (Å²) in [4.78, 5) is 12.4. The fourth-order valence-corrected chi connectivity index (χ4v) is 3.54. The van der Waals surface area contributed by atoms with Gasteiger partial charge in [-0.3, -0.25) is 4.79 Å². The van der Waals surface area contributed by atoms with E-state index in [0.717, 1.165) is 37.9 Å². The van der Waals surface area contributed by atoms with Crippen molar-refractivity contribution in [2.75, 3.05) is 19.3 Å². The van der Waals surface area contributed by atoms with Crippen LogP contribution in [0.3, 0.4) is 0 Å². The average Bonchev–Trinajstić information content (AvgIpc) is 2.53. The van der Waals surface area contributed by atoms with Crippen LogP contribution in [-0.2, 0) is 14.6 Å². The molecule has 128 valence electrons. The third-order valence-corrected chi connectivity index (χ3v) is 5.55. The van der Waals surface area contributed by atoms with Gasteiger partial charge in [-0.15, -0.1) is 0 Å². The Bertz CT molecular complexity index is 620. The smallest absolute Gasteiger partial charge is 0.220 e. The predicted molar refractivity (Wildman–Crippen MR) is 90.9 cm³/mol. The highest BCUT2D eigenvalue weighted by atomic mass is 32.2. The third kappa shape index (κ3) is 5.62. The van der Waals surface area contributed by atoms with Gasteiger partial charge in [-0.2, -0.15) is 0 Å². The van der Waals surface area contributed by atoms with E-state index in [4.69, 9.17) is 0 Å². The molecule has 6 heteroatoms. The van der Waals surface area contributed by atoms with E-state index in [1.165, 1.54) is 6.26 Å². The second-order valence-electron chi connectivity index (χ2n) is 6.36. The van der Waals surface area contributed by atoms with Gasteiger partial charge in [-0.05, 0) is 62.9 Å². The molecule has 1 aromatic carbocycles. The molecule has 23 heavy (non-hydrogen) atoms. The summed E-state index contributed by atoms with van der Waals surface area (Å²) in [6.07, 6.45) is 4.98. The van der Waals surface area contributed by atoms with Crippen LogP contribution < -0.4 is 10.6 Å². The Morgan fingerprint density at radius 3 is 2.43 bits per heavy atom. The minimum absolute atomic E-state index is 0.0585. The third-order valence-electron chi connectivity index (χ3n) is 4.42. The van der Waals surface area contributed by atoms with Crippen LogP contribution in [0.2, 0.25) is 0 Å². The van der Waals surface area contributed by atoms with Gasteiger partial charge in [-0.1, -0.05) is 12.1 Å². The van der Waals surface area contributed by atoms with Crippen molar-refractivity contribution in [1.82, 2.24) is 10.6 Å². The Labute approximate surface area is 138 Å². The summed E-state index contributed by atoms with van der Waals surface area (Å²) in [6.45, 7) is 4.02. The lowest BCUT2D eigenvalue weighted by atomic mass is 9.93. The van der Waals surface area contributed by atoms with E-state index >= 15 is 0 Å². The maximum Gasteiger partial charge on any atom is 0.220 e. The monoisotopic (exact) mass is 338 g/mol. The molecular weight excluding hydrogens is 312 g/mol. The van der Waals surface area contributed by atoms with E-state index in [9.17, 15) is 13.2 Å². The van der Waals surface area contributed by atoms with Crippen LogP contribution >= 0.6 is 0 Å². The number of benzene rings is 1. The summed E-state index contributed by atoms with van der Waals surface area (Å²) in [5.41, 5.74) is 0.910. The largest absolute Gasteiger partial charge is 0.350 e. The van der Waals surface area contributed by atoms with Crippen molar-refractivity contribution in [2.45, 2.75) is 43.5 Å². The number of piperidine rings is 1. The first-order valence-corrected chi connectivity index (χ1v) is 10.1. The highest BCUT2D eigenvalue weighted by molar-refractivity contribution is 7.90. The van der Waals surface area contributed by atoms with Crippen molar-refractivity contribution in [2.24, 2.45) is 5.92 Å². The number of rotatable bonds is 6. The molecule has 1 saturated heterocycles. The molecule has 0 spiro atoms. The van der Waals surface area contributed by atoms with Crippen molar-refractivity contribution in [3.8, 4) is 0 Å². The van der Waals surface area contributed by atoms with Gasteiger partial charge in [0.2, 0.25) is 5.91 Å². The van der Waals surface area contributed by atoms with Crippen molar-refractivity contribution >= 4 is 15.7 Å². The lowest BCUT2D eigenvalue weighted by molar-refractivity contribution is -0.122. The van der Waals surface area contributed by atoms with E-state index in [1.54, 1.807) is 24.3 Å². The number of hydrogen-bond acceptors (Lipinski definition) is 4. The van der Waals surface area contributed by atoms with Crippen LogP contribution in [-0.4, -0.2) is 33.7 Å². The normalized spacial score (nSPS) is 17.7. The van der Waals surface area contributed by atoms with Crippen molar-refractivity contribution < 1.29 is 13.2 Å². The Kier molecular flexibility index (Phi) is 6.18. The standard InChI is InChI=1S/C17H26N2O3S/c1-13(15-4-6-16(7-5-15)23(2,21)22)19-17(20)8-3-14-9-11-18-12-10-14/h4-7,13-14,18H,3,8-12H2,1-2H3,(H,19,20). The topological polar surface area (TPSA) is 75.3 Å². The van der Waals surface area contributed by atoms with Crippen LogP contribution in [0.15, 0.2) is 29.2 Å². The molecule has 1 amide bonds. The van der Waals surface area contributed by atoms with Crippen LogP contribution in [0.4, 0.5) is 0 Å². The van der Waals surface area contributed by atoms with Crippen LogP contribution in [0.1, 0.15) is 44.2 Å². The van der Waals surface area contributed by atoms with Gasteiger partial charge >= 0.3 is 0 Å². The Morgan fingerprint density at radius 2 is 1.87 bits per heavy atom. The van der Waals surface area contributed by atoms with Gasteiger partial charge < -0.3 is 10.6 Å². The summed E-state index contributed by atoms with van der Waals surface area (Å²) < 4.78 is 22.9. The molecule has 0 radical (unpaired) electrons. The number of carbonyl (C=O) groups excluding carboxylic acids is 1. The van der Waals surface area contributed by atoms with Crippen LogP contribution in [0.5, 0.6) is 0 Å². The minimum atomic E-state index is -3.18. The van der Waals surface area contributed by atoms with Gasteiger partial charge in [0.15, 0.2) is 9.84 Å². The number of hydrogen-bond donors (Lipinski definition) is 2. The first-order valence-electron chi connectivity index (χ1n) is 8.16. The SMILES string of the molecule is CC(NC(=O)CCC1CCNCC1)c1ccc(S(C)(=O)=O)cc1. The quantitative estimate of drug-likeness (QED) is 0.832. The molecule has 0 aromatic heterocycles. The molecule has 0 saturated carbocycles. The lowest BCUT2D eigenvalue weighted by Gasteiger charge is -2.22. The summed E-state index contributed by atoms with van der Waals surface area (Å²) >= 11 is 0. The summed E-state index contributed by atoms with van der Waals surface area (Å²) in [5.74, 6) is 0.703. The number of amides is 1. The molecule has 1 aliphatic rings.